The standard InChI is InChI=1S/C21H24N4OS/c1-3-24-9-11-25(12-10-24)20-19-17(8-13-27-19)14-18(23-20)15-4-6-16(7-5-15)21(26)22-2/h4-8,13-14H,3,9-12H2,1-2H3,(H,22,26). The molecule has 0 saturated carbocycles. The van der Waals surface area contributed by atoms with Crippen LogP contribution in [0.3, 0.4) is 0 Å². The highest BCUT2D eigenvalue weighted by molar-refractivity contribution is 7.17. The van der Waals surface area contributed by atoms with Crippen LogP contribution in [0.4, 0.5) is 5.82 Å². The Balaban J connectivity index is 1.69. The molecule has 3 aromatic rings. The summed E-state index contributed by atoms with van der Waals surface area (Å²) in [4.78, 5) is 21.7. The van der Waals surface area contributed by atoms with Gasteiger partial charge in [-0.15, -0.1) is 11.3 Å². The van der Waals surface area contributed by atoms with Gasteiger partial charge in [0.05, 0.1) is 10.4 Å². The lowest BCUT2D eigenvalue weighted by atomic mass is 10.1. The number of carbonyl (C=O) groups excluding carboxylic acids is 1. The highest BCUT2D eigenvalue weighted by atomic mass is 32.1. The third-order valence-electron chi connectivity index (χ3n) is 5.21. The number of carbonyl (C=O) groups is 1. The second-order valence-electron chi connectivity index (χ2n) is 6.75. The van der Waals surface area contributed by atoms with Gasteiger partial charge < -0.3 is 15.1 Å². The van der Waals surface area contributed by atoms with Crippen LogP contribution < -0.4 is 10.2 Å². The zero-order chi connectivity index (χ0) is 18.8. The molecule has 2 aromatic heterocycles. The number of thiophene rings is 1. The van der Waals surface area contributed by atoms with E-state index in [1.165, 1.54) is 10.1 Å². The van der Waals surface area contributed by atoms with Crippen molar-refractivity contribution in [2.24, 2.45) is 0 Å². The summed E-state index contributed by atoms with van der Waals surface area (Å²) in [5.41, 5.74) is 2.65. The number of pyridine rings is 1. The molecule has 27 heavy (non-hydrogen) atoms. The van der Waals surface area contributed by atoms with E-state index in [0.29, 0.717) is 5.56 Å². The van der Waals surface area contributed by atoms with E-state index in [-0.39, 0.29) is 5.91 Å². The second-order valence-corrected chi connectivity index (χ2v) is 7.66. The second kappa shape index (κ2) is 7.66. The van der Waals surface area contributed by atoms with Crippen molar-refractivity contribution in [2.75, 3.05) is 44.7 Å². The third kappa shape index (κ3) is 3.55. The lowest BCUT2D eigenvalue weighted by Gasteiger charge is -2.35. The smallest absolute Gasteiger partial charge is 0.251 e. The molecule has 1 aliphatic rings. The lowest BCUT2D eigenvalue weighted by molar-refractivity contribution is 0.0963. The van der Waals surface area contributed by atoms with E-state index in [2.05, 4.69) is 39.6 Å². The Hall–Kier alpha value is -2.44. The topological polar surface area (TPSA) is 48.5 Å². The van der Waals surface area contributed by atoms with Crippen LogP contribution in [0.15, 0.2) is 41.8 Å². The maximum atomic E-state index is 11.8. The minimum Gasteiger partial charge on any atom is -0.355 e. The number of fused-ring (bicyclic) bond motifs is 1. The van der Waals surface area contributed by atoms with Crippen molar-refractivity contribution in [3.8, 4) is 11.3 Å². The van der Waals surface area contributed by atoms with Crippen LogP contribution in [0.5, 0.6) is 0 Å². The van der Waals surface area contributed by atoms with Gasteiger partial charge in [-0.1, -0.05) is 19.1 Å². The van der Waals surface area contributed by atoms with E-state index < -0.39 is 0 Å². The molecule has 1 fully saturated rings. The molecule has 1 amide bonds. The van der Waals surface area contributed by atoms with E-state index in [4.69, 9.17) is 4.98 Å². The highest BCUT2D eigenvalue weighted by Gasteiger charge is 2.20. The van der Waals surface area contributed by atoms with Gasteiger partial charge >= 0.3 is 0 Å². The Kier molecular flexibility index (Phi) is 5.09. The predicted molar refractivity (Wildman–Crippen MR) is 113 cm³/mol. The fraction of sp³-hybridized carbons (Fsp3) is 0.333. The quantitative estimate of drug-likeness (QED) is 0.753. The molecule has 1 aliphatic heterocycles. The highest BCUT2D eigenvalue weighted by Crippen LogP contribution is 2.34. The Morgan fingerprint density at radius 1 is 1.15 bits per heavy atom. The fourth-order valence-corrected chi connectivity index (χ4v) is 4.43. The minimum absolute atomic E-state index is 0.0720. The van der Waals surface area contributed by atoms with Crippen LogP contribution in [-0.2, 0) is 0 Å². The molecule has 5 nitrogen and oxygen atoms in total. The number of nitrogens with one attached hydrogen (secondary N) is 1. The van der Waals surface area contributed by atoms with Crippen molar-refractivity contribution in [1.82, 2.24) is 15.2 Å². The van der Waals surface area contributed by atoms with Crippen molar-refractivity contribution in [1.29, 1.82) is 0 Å². The molecule has 0 aliphatic carbocycles. The first-order valence-electron chi connectivity index (χ1n) is 9.37. The molecular formula is C21H24N4OS. The largest absolute Gasteiger partial charge is 0.355 e. The minimum atomic E-state index is -0.0720. The van der Waals surface area contributed by atoms with Crippen molar-refractivity contribution >= 4 is 33.1 Å². The SMILES string of the molecule is CCN1CCN(c2nc(-c3ccc(C(=O)NC)cc3)cc3ccsc23)CC1. The van der Waals surface area contributed by atoms with Gasteiger partial charge in [0, 0.05) is 44.4 Å². The summed E-state index contributed by atoms with van der Waals surface area (Å²) >= 11 is 1.76. The van der Waals surface area contributed by atoms with Crippen LogP contribution in [0.1, 0.15) is 17.3 Å². The summed E-state index contributed by atoms with van der Waals surface area (Å²) in [6.45, 7) is 7.49. The van der Waals surface area contributed by atoms with Gasteiger partial charge in [0.2, 0.25) is 0 Å². The molecule has 1 N–H and O–H groups in total. The first-order valence-corrected chi connectivity index (χ1v) is 10.3. The zero-order valence-electron chi connectivity index (χ0n) is 15.7. The van der Waals surface area contributed by atoms with Crippen LogP contribution in [0.2, 0.25) is 0 Å². The van der Waals surface area contributed by atoms with Crippen LogP contribution >= 0.6 is 11.3 Å². The summed E-state index contributed by atoms with van der Waals surface area (Å²) in [6, 6.07) is 12.0. The Labute approximate surface area is 163 Å². The molecule has 0 spiro atoms. The van der Waals surface area contributed by atoms with Crippen molar-refractivity contribution < 1.29 is 4.79 Å². The average molecular weight is 381 g/mol. The van der Waals surface area contributed by atoms with Gasteiger partial charge in [-0.05, 0) is 41.6 Å². The van der Waals surface area contributed by atoms with Gasteiger partial charge in [-0.2, -0.15) is 0 Å². The maximum Gasteiger partial charge on any atom is 0.251 e. The molecule has 0 bridgehead atoms. The van der Waals surface area contributed by atoms with Crippen molar-refractivity contribution in [3.63, 3.8) is 0 Å². The number of anilines is 1. The molecule has 3 heterocycles. The van der Waals surface area contributed by atoms with Crippen LogP contribution in [0, 0.1) is 0 Å². The van der Waals surface area contributed by atoms with E-state index in [1.807, 2.05) is 24.3 Å². The molecular weight excluding hydrogens is 356 g/mol. The number of rotatable bonds is 4. The number of piperazine rings is 1. The van der Waals surface area contributed by atoms with Crippen molar-refractivity contribution in [2.45, 2.75) is 6.92 Å². The third-order valence-corrected chi connectivity index (χ3v) is 6.13. The lowest BCUT2D eigenvalue weighted by Crippen LogP contribution is -2.46. The summed E-state index contributed by atoms with van der Waals surface area (Å²) in [6.07, 6.45) is 0. The Morgan fingerprint density at radius 2 is 1.89 bits per heavy atom. The number of hydrogen-bond acceptors (Lipinski definition) is 5. The number of aromatic nitrogens is 1. The Morgan fingerprint density at radius 3 is 2.56 bits per heavy atom. The summed E-state index contributed by atoms with van der Waals surface area (Å²) in [5.74, 6) is 1.01. The monoisotopic (exact) mass is 380 g/mol. The van der Waals surface area contributed by atoms with E-state index in [0.717, 1.165) is 49.8 Å². The van der Waals surface area contributed by atoms with E-state index >= 15 is 0 Å². The fourth-order valence-electron chi connectivity index (χ4n) is 3.53. The number of nitrogens with zero attached hydrogens (tertiary/aromatic N) is 3. The van der Waals surface area contributed by atoms with Gasteiger partial charge in [0.15, 0.2) is 0 Å². The van der Waals surface area contributed by atoms with Crippen LogP contribution in [-0.4, -0.2) is 55.6 Å². The molecule has 0 atom stereocenters. The number of benzene rings is 1. The van der Waals surface area contributed by atoms with Gasteiger partial charge in [0.25, 0.3) is 5.91 Å². The molecule has 1 aromatic carbocycles. The van der Waals surface area contributed by atoms with E-state index in [1.54, 1.807) is 18.4 Å². The van der Waals surface area contributed by atoms with Gasteiger partial charge in [-0.25, -0.2) is 4.98 Å². The number of amides is 1. The van der Waals surface area contributed by atoms with E-state index in [9.17, 15) is 4.79 Å². The summed E-state index contributed by atoms with van der Waals surface area (Å²) in [5, 5.41) is 6.02. The van der Waals surface area contributed by atoms with Crippen molar-refractivity contribution in [3.05, 3.63) is 47.3 Å². The molecule has 0 unspecified atom stereocenters. The molecule has 140 valence electrons. The first kappa shape index (κ1) is 17.9. The Bertz CT molecular complexity index is 942. The summed E-state index contributed by atoms with van der Waals surface area (Å²) in [7, 11) is 1.65. The van der Waals surface area contributed by atoms with Gasteiger partial charge in [-0.3, -0.25) is 4.79 Å². The average Bonchev–Trinajstić information content (AvgIpc) is 3.21. The molecule has 0 radical (unpaired) electrons. The van der Waals surface area contributed by atoms with Crippen LogP contribution in [0.25, 0.3) is 21.3 Å². The normalized spacial score (nSPS) is 15.3. The number of hydrogen-bond donors (Lipinski definition) is 1. The molecule has 4 rings (SSSR count). The predicted octanol–water partition coefficient (Wildman–Crippen LogP) is 3.46. The summed E-state index contributed by atoms with van der Waals surface area (Å²) < 4.78 is 1.26. The number of likely N-dealkylation sites (N-methyl/N-ethyl adjacent to an activating group) is 1. The zero-order valence-corrected chi connectivity index (χ0v) is 16.6. The maximum absolute atomic E-state index is 11.8. The first-order chi connectivity index (χ1) is 13.2. The molecule has 1 saturated heterocycles. The molecule has 6 heteroatoms. The van der Waals surface area contributed by atoms with Gasteiger partial charge in [0.1, 0.15) is 5.82 Å².